The maximum Gasteiger partial charge on any atom is 0.306 e. The predicted molar refractivity (Wildman–Crippen MR) is 233 cm³/mol. The molecule has 55 heavy (non-hydrogen) atoms. The van der Waals surface area contributed by atoms with Crippen LogP contribution >= 0.6 is 0 Å². The van der Waals surface area contributed by atoms with Gasteiger partial charge in [0.05, 0.1) is 0 Å². The van der Waals surface area contributed by atoms with Gasteiger partial charge in [-0.2, -0.15) is 0 Å². The molecular weight excluding hydrogens is 685 g/mol. The van der Waals surface area contributed by atoms with Crippen LogP contribution in [0.15, 0.2) is 36.5 Å². The van der Waals surface area contributed by atoms with Crippen LogP contribution in [0.25, 0.3) is 0 Å². The molecule has 0 N–H and O–H groups in total. The van der Waals surface area contributed by atoms with Gasteiger partial charge in [-0.3, -0.25) is 14.4 Å². The first-order chi connectivity index (χ1) is 27.0. The first kappa shape index (κ1) is 52.6. The highest BCUT2D eigenvalue weighted by molar-refractivity contribution is 5.71. The van der Waals surface area contributed by atoms with Gasteiger partial charge in [-0.1, -0.05) is 192 Å². The number of unbranched alkanes of at least 4 members (excludes halogenated alkanes) is 25. The summed E-state index contributed by atoms with van der Waals surface area (Å²) in [6.07, 6.45) is 49.9. The van der Waals surface area contributed by atoms with Crippen molar-refractivity contribution < 1.29 is 28.6 Å². The smallest absolute Gasteiger partial charge is 0.306 e. The van der Waals surface area contributed by atoms with Crippen molar-refractivity contribution in [3.8, 4) is 0 Å². The van der Waals surface area contributed by atoms with Crippen molar-refractivity contribution in [3.05, 3.63) is 36.5 Å². The fourth-order valence-corrected chi connectivity index (χ4v) is 6.55. The number of ether oxygens (including phenoxy) is 3. The minimum atomic E-state index is -0.796. The number of allylic oxidation sites excluding steroid dienone is 6. The van der Waals surface area contributed by atoms with Crippen molar-refractivity contribution in [1.29, 1.82) is 0 Å². The highest BCUT2D eigenvalue weighted by Crippen LogP contribution is 2.14. The van der Waals surface area contributed by atoms with Crippen LogP contribution in [0.3, 0.4) is 0 Å². The molecule has 0 aliphatic heterocycles. The maximum absolute atomic E-state index is 12.7. The molecule has 0 bridgehead atoms. The number of rotatable bonds is 42. The molecule has 0 aromatic heterocycles. The van der Waals surface area contributed by atoms with E-state index in [9.17, 15) is 14.4 Å². The zero-order chi connectivity index (χ0) is 40.1. The fourth-order valence-electron chi connectivity index (χ4n) is 6.55. The van der Waals surface area contributed by atoms with Crippen molar-refractivity contribution in [3.63, 3.8) is 0 Å². The van der Waals surface area contributed by atoms with E-state index in [0.717, 1.165) is 64.2 Å². The van der Waals surface area contributed by atoms with Crippen molar-refractivity contribution >= 4 is 17.9 Å². The number of carbonyl (C=O) groups is 3. The van der Waals surface area contributed by atoms with Gasteiger partial charge in [-0.25, -0.2) is 0 Å². The number of esters is 3. The number of hydrogen-bond acceptors (Lipinski definition) is 6. The topological polar surface area (TPSA) is 78.9 Å². The molecule has 0 aromatic carbocycles. The van der Waals surface area contributed by atoms with Crippen LogP contribution in [0.4, 0.5) is 0 Å². The van der Waals surface area contributed by atoms with Gasteiger partial charge in [0.25, 0.3) is 0 Å². The monoisotopic (exact) mass is 773 g/mol. The van der Waals surface area contributed by atoms with Crippen molar-refractivity contribution in [2.24, 2.45) is 0 Å². The van der Waals surface area contributed by atoms with Crippen molar-refractivity contribution in [2.75, 3.05) is 13.2 Å². The van der Waals surface area contributed by atoms with Gasteiger partial charge in [0.1, 0.15) is 13.2 Å². The van der Waals surface area contributed by atoms with Crippen LogP contribution in [0.1, 0.15) is 239 Å². The van der Waals surface area contributed by atoms with E-state index < -0.39 is 6.10 Å². The summed E-state index contributed by atoms with van der Waals surface area (Å²) < 4.78 is 16.6. The van der Waals surface area contributed by atoms with Crippen molar-refractivity contribution in [1.82, 2.24) is 0 Å². The Balaban J connectivity index is 4.45. The second-order valence-corrected chi connectivity index (χ2v) is 15.7. The van der Waals surface area contributed by atoms with Crippen LogP contribution < -0.4 is 0 Å². The van der Waals surface area contributed by atoms with E-state index in [0.29, 0.717) is 19.3 Å². The third-order valence-electron chi connectivity index (χ3n) is 10.1. The Kier molecular flexibility index (Phi) is 42.4. The van der Waals surface area contributed by atoms with E-state index in [1.807, 2.05) is 6.08 Å². The second kappa shape index (κ2) is 44.3. The summed E-state index contributed by atoms with van der Waals surface area (Å²) in [5.74, 6) is -0.978. The first-order valence-electron chi connectivity index (χ1n) is 23.5. The Hall–Kier alpha value is -2.37. The van der Waals surface area contributed by atoms with E-state index in [4.69, 9.17) is 14.2 Å². The molecule has 0 fully saturated rings. The average Bonchev–Trinajstić information content (AvgIpc) is 3.18. The molecule has 0 aliphatic carbocycles. The molecule has 1 unspecified atom stereocenters. The van der Waals surface area contributed by atoms with E-state index in [1.54, 1.807) is 0 Å². The minimum absolute atomic E-state index is 0.0930. The third-order valence-corrected chi connectivity index (χ3v) is 10.1. The summed E-state index contributed by atoms with van der Waals surface area (Å²) >= 11 is 0. The first-order valence-corrected chi connectivity index (χ1v) is 23.5. The predicted octanol–water partition coefficient (Wildman–Crippen LogP) is 15.0. The van der Waals surface area contributed by atoms with Crippen LogP contribution in [0.5, 0.6) is 0 Å². The molecule has 6 heteroatoms. The molecule has 6 nitrogen and oxygen atoms in total. The molecule has 0 rings (SSSR count). The molecule has 320 valence electrons. The lowest BCUT2D eigenvalue weighted by Gasteiger charge is -2.18. The molecule has 0 aromatic rings. The lowest BCUT2D eigenvalue weighted by atomic mass is 10.1. The van der Waals surface area contributed by atoms with E-state index in [1.165, 1.54) is 128 Å². The largest absolute Gasteiger partial charge is 0.462 e. The summed E-state index contributed by atoms with van der Waals surface area (Å²) in [6, 6.07) is 0. The molecule has 1 atom stereocenters. The summed E-state index contributed by atoms with van der Waals surface area (Å²) in [6.45, 7) is 6.55. The molecule has 0 aliphatic rings. The van der Waals surface area contributed by atoms with Gasteiger partial charge in [-0.15, -0.1) is 0 Å². The van der Waals surface area contributed by atoms with Crippen LogP contribution in [-0.2, 0) is 28.6 Å². The summed E-state index contributed by atoms with van der Waals surface area (Å²) in [5.41, 5.74) is 0. The molecule has 0 saturated heterocycles. The summed E-state index contributed by atoms with van der Waals surface area (Å²) in [7, 11) is 0. The van der Waals surface area contributed by atoms with Gasteiger partial charge in [0.15, 0.2) is 6.10 Å². The Labute approximate surface area is 340 Å². The van der Waals surface area contributed by atoms with E-state index >= 15 is 0 Å². The second-order valence-electron chi connectivity index (χ2n) is 15.7. The molecule has 0 heterocycles. The van der Waals surface area contributed by atoms with Gasteiger partial charge >= 0.3 is 17.9 Å². The van der Waals surface area contributed by atoms with Gasteiger partial charge in [0, 0.05) is 19.3 Å². The Morgan fingerprint density at radius 1 is 0.364 bits per heavy atom. The van der Waals surface area contributed by atoms with Crippen LogP contribution in [-0.4, -0.2) is 37.2 Å². The van der Waals surface area contributed by atoms with Gasteiger partial charge < -0.3 is 14.2 Å². The maximum atomic E-state index is 12.7. The Morgan fingerprint density at radius 3 is 1.15 bits per heavy atom. The fraction of sp³-hybridized carbons (Fsp3) is 0.816. The zero-order valence-corrected chi connectivity index (χ0v) is 36.4. The normalized spacial score (nSPS) is 12.3. The SMILES string of the molecule is CCCCCCCC/C=C\C/C=C\CCC(=O)OCC(COC(=O)CCCCCCCCCCCCC)OC(=O)CCCCC/C=C\CCCCCCCC. The minimum Gasteiger partial charge on any atom is -0.462 e. The lowest BCUT2D eigenvalue weighted by Crippen LogP contribution is -2.30. The third kappa shape index (κ3) is 42.6. The molecule has 0 amide bonds. The summed E-state index contributed by atoms with van der Waals surface area (Å²) in [4.78, 5) is 37.7. The molecule has 0 saturated carbocycles. The standard InChI is InChI=1S/C49H88O6/c1-4-7-10-13-16-19-22-24-27-30-33-36-39-42-48(51)54-45-46(44-53-47(50)41-38-35-32-29-26-21-18-15-12-9-6-3)55-49(52)43-40-37-34-31-28-25-23-20-17-14-11-8-5-2/h24-25,27-28,33,36,46H,4-23,26,29-32,34-35,37-45H2,1-3H3/b27-24-,28-25-,36-33-. The zero-order valence-electron chi connectivity index (χ0n) is 36.4. The summed E-state index contributed by atoms with van der Waals surface area (Å²) in [5, 5.41) is 0. The molecule has 0 radical (unpaired) electrons. The molecule has 0 spiro atoms. The van der Waals surface area contributed by atoms with Gasteiger partial charge in [0.2, 0.25) is 0 Å². The Bertz CT molecular complexity index is 938. The molecular formula is C49H88O6. The Morgan fingerprint density at radius 2 is 0.691 bits per heavy atom. The van der Waals surface area contributed by atoms with Crippen LogP contribution in [0.2, 0.25) is 0 Å². The van der Waals surface area contributed by atoms with Crippen molar-refractivity contribution in [2.45, 2.75) is 245 Å². The van der Waals surface area contributed by atoms with Gasteiger partial charge in [-0.05, 0) is 64.2 Å². The average molecular weight is 773 g/mol. The quantitative estimate of drug-likeness (QED) is 0.0266. The lowest BCUT2D eigenvalue weighted by molar-refractivity contribution is -0.166. The highest BCUT2D eigenvalue weighted by Gasteiger charge is 2.19. The van der Waals surface area contributed by atoms with E-state index in [2.05, 4.69) is 51.2 Å². The highest BCUT2D eigenvalue weighted by atomic mass is 16.6. The van der Waals surface area contributed by atoms with Crippen LogP contribution in [0, 0.1) is 0 Å². The number of carbonyl (C=O) groups excluding carboxylic acids is 3. The van der Waals surface area contributed by atoms with E-state index in [-0.39, 0.29) is 37.5 Å². The number of hydrogen-bond donors (Lipinski definition) is 0.